The van der Waals surface area contributed by atoms with Gasteiger partial charge in [0.2, 0.25) is 0 Å². The van der Waals surface area contributed by atoms with E-state index in [1.165, 1.54) is 0 Å². The van der Waals surface area contributed by atoms with Crippen LogP contribution in [0.2, 0.25) is 0 Å². The Kier molecular flexibility index (Phi) is 10.1. The van der Waals surface area contributed by atoms with Crippen LogP contribution in [0.1, 0.15) is 18.4 Å². The van der Waals surface area contributed by atoms with E-state index in [-0.39, 0.29) is 32.0 Å². The number of carbonyl (C=O) groups excluding carboxylic acids is 2. The van der Waals surface area contributed by atoms with Crippen molar-refractivity contribution in [2.24, 2.45) is 0 Å². The topological polar surface area (TPSA) is 112 Å². The molecule has 2 N–H and O–H groups in total. The van der Waals surface area contributed by atoms with Crippen molar-refractivity contribution in [2.45, 2.75) is 12.8 Å². The molecule has 0 aliphatic rings. The third kappa shape index (κ3) is 7.84. The second kappa shape index (κ2) is 12.2. The van der Waals surface area contributed by atoms with Crippen LogP contribution in [0, 0.1) is 0 Å². The van der Waals surface area contributed by atoms with E-state index in [9.17, 15) is 9.59 Å². The third-order valence-electron chi connectivity index (χ3n) is 2.61. The van der Waals surface area contributed by atoms with E-state index in [1.54, 1.807) is 30.3 Å². The normalized spacial score (nSPS) is 11.2. The van der Waals surface area contributed by atoms with Crippen LogP contribution in [0.5, 0.6) is 0 Å². The van der Waals surface area contributed by atoms with Gasteiger partial charge in [-0.3, -0.25) is 9.78 Å². The number of rotatable bonds is 11. The van der Waals surface area contributed by atoms with E-state index in [0.717, 1.165) is 6.08 Å². The lowest BCUT2D eigenvalue weighted by molar-refractivity contribution is -0.269. The van der Waals surface area contributed by atoms with Gasteiger partial charge >= 0.3 is 11.9 Å². The van der Waals surface area contributed by atoms with Crippen LogP contribution in [0.4, 0.5) is 0 Å². The first-order chi connectivity index (χ1) is 11.7. The lowest BCUT2D eigenvalue weighted by Gasteiger charge is -2.07. The Morgan fingerprint density at radius 3 is 2.08 bits per heavy atom. The summed E-state index contributed by atoms with van der Waals surface area (Å²) >= 11 is 0. The first-order valence-electron chi connectivity index (χ1n) is 7.35. The predicted octanol–water partition coefficient (Wildman–Crippen LogP) is 0.784. The second-order valence-electron chi connectivity index (χ2n) is 4.50. The van der Waals surface area contributed by atoms with E-state index in [4.69, 9.17) is 10.2 Å². The second-order valence-corrected chi connectivity index (χ2v) is 4.50. The van der Waals surface area contributed by atoms with Crippen LogP contribution < -0.4 is 0 Å². The summed E-state index contributed by atoms with van der Waals surface area (Å²) in [6.45, 7) is -0.138. The number of aliphatic hydroxyl groups excluding tert-OH is 2. The summed E-state index contributed by atoms with van der Waals surface area (Å²) in [5, 5.41) is 17.2. The van der Waals surface area contributed by atoms with Gasteiger partial charge in [-0.1, -0.05) is 30.3 Å². The fraction of sp³-hybridized carbons (Fsp3) is 0.375. The molecule has 8 nitrogen and oxygen atoms in total. The lowest BCUT2D eigenvalue weighted by atomic mass is 10.1. The Bertz CT molecular complexity index is 526. The molecular weight excluding hydrogens is 320 g/mol. The van der Waals surface area contributed by atoms with Crippen LogP contribution in [-0.2, 0) is 29.1 Å². The van der Waals surface area contributed by atoms with Crippen molar-refractivity contribution in [3.63, 3.8) is 0 Å². The summed E-state index contributed by atoms with van der Waals surface area (Å²) in [5.41, 5.74) is 0.357. The quantitative estimate of drug-likeness (QED) is 0.263. The van der Waals surface area contributed by atoms with E-state index in [1.807, 2.05) is 0 Å². The molecule has 24 heavy (non-hydrogen) atoms. The van der Waals surface area contributed by atoms with Gasteiger partial charge in [-0.25, -0.2) is 9.59 Å². The molecule has 0 amide bonds. The highest BCUT2D eigenvalue weighted by Crippen LogP contribution is 2.16. The maximum Gasteiger partial charge on any atom is 0.373 e. The molecule has 0 bridgehead atoms. The van der Waals surface area contributed by atoms with Gasteiger partial charge in [0.25, 0.3) is 0 Å². The molecule has 1 rings (SSSR count). The summed E-state index contributed by atoms with van der Waals surface area (Å²) in [6, 6.07) is 8.35. The number of hydrogen-bond acceptors (Lipinski definition) is 8. The van der Waals surface area contributed by atoms with Crippen molar-refractivity contribution in [1.82, 2.24) is 0 Å². The smallest absolute Gasteiger partial charge is 0.373 e. The Balaban J connectivity index is 2.72. The fourth-order valence-electron chi connectivity index (χ4n) is 1.51. The molecule has 0 saturated carbocycles. The van der Waals surface area contributed by atoms with Crippen molar-refractivity contribution in [1.29, 1.82) is 0 Å². The van der Waals surface area contributed by atoms with E-state index in [2.05, 4.69) is 19.6 Å². The van der Waals surface area contributed by atoms with Gasteiger partial charge in [0, 0.05) is 19.3 Å². The molecule has 132 valence electrons. The molecule has 0 fully saturated rings. The molecular formula is C16H20O8. The maximum absolute atomic E-state index is 12.1. The molecule has 0 aliphatic heterocycles. The van der Waals surface area contributed by atoms with Gasteiger partial charge in [-0.15, -0.1) is 0 Å². The first-order valence-corrected chi connectivity index (χ1v) is 7.35. The third-order valence-corrected chi connectivity index (χ3v) is 2.61. The highest BCUT2D eigenvalue weighted by molar-refractivity contribution is 6.20. The highest BCUT2D eigenvalue weighted by atomic mass is 17.2. The van der Waals surface area contributed by atoms with Crippen LogP contribution >= 0.6 is 0 Å². The highest BCUT2D eigenvalue weighted by Gasteiger charge is 2.17. The van der Waals surface area contributed by atoms with Gasteiger partial charge in [0.15, 0.2) is 0 Å². The van der Waals surface area contributed by atoms with Gasteiger partial charge in [-0.2, -0.15) is 9.78 Å². The largest absolute Gasteiger partial charge is 0.396 e. The molecule has 8 heteroatoms. The van der Waals surface area contributed by atoms with E-state index >= 15 is 0 Å². The fourth-order valence-corrected chi connectivity index (χ4v) is 1.51. The summed E-state index contributed by atoms with van der Waals surface area (Å²) < 4.78 is 0. The zero-order valence-electron chi connectivity index (χ0n) is 13.1. The van der Waals surface area contributed by atoms with Gasteiger partial charge in [0.1, 0.15) is 0 Å². The Morgan fingerprint density at radius 1 is 0.917 bits per heavy atom. The number of hydrogen-bond donors (Lipinski definition) is 2. The SMILES string of the molecule is O=C(/C=C(/C(=O)OOCCCO)c1ccccc1)OOCCCO. The molecule has 0 aliphatic carbocycles. The average Bonchev–Trinajstić information content (AvgIpc) is 2.61. The minimum Gasteiger partial charge on any atom is -0.396 e. The molecule has 1 aromatic rings. The van der Waals surface area contributed by atoms with Crippen LogP contribution in [0.15, 0.2) is 36.4 Å². The molecule has 1 aromatic carbocycles. The molecule has 0 unspecified atom stereocenters. The lowest BCUT2D eigenvalue weighted by Crippen LogP contribution is -2.12. The summed E-state index contributed by atoms with van der Waals surface area (Å²) in [6.07, 6.45) is 1.54. The summed E-state index contributed by atoms with van der Waals surface area (Å²) in [5.74, 6) is -1.79. The molecule has 0 heterocycles. The molecule has 0 spiro atoms. The monoisotopic (exact) mass is 340 g/mol. The van der Waals surface area contributed by atoms with Crippen LogP contribution in [-0.4, -0.2) is 48.6 Å². The van der Waals surface area contributed by atoms with Crippen molar-refractivity contribution >= 4 is 17.5 Å². The van der Waals surface area contributed by atoms with Crippen molar-refractivity contribution in [3.05, 3.63) is 42.0 Å². The van der Waals surface area contributed by atoms with E-state index < -0.39 is 11.9 Å². The molecule has 0 atom stereocenters. The minimum absolute atomic E-state index is 0.0268. The van der Waals surface area contributed by atoms with Gasteiger partial charge in [0.05, 0.1) is 18.8 Å². The molecule has 0 aromatic heterocycles. The maximum atomic E-state index is 12.1. The van der Waals surface area contributed by atoms with Crippen molar-refractivity contribution in [3.8, 4) is 0 Å². The molecule has 0 radical (unpaired) electrons. The van der Waals surface area contributed by atoms with Crippen molar-refractivity contribution in [2.75, 3.05) is 26.4 Å². The van der Waals surface area contributed by atoms with Crippen molar-refractivity contribution < 1.29 is 39.4 Å². The average molecular weight is 340 g/mol. The zero-order chi connectivity index (χ0) is 17.6. The van der Waals surface area contributed by atoms with Crippen LogP contribution in [0.3, 0.4) is 0 Å². The Labute approximate surface area is 139 Å². The Hall–Kier alpha value is -2.26. The predicted molar refractivity (Wildman–Crippen MR) is 81.9 cm³/mol. The number of benzene rings is 1. The Morgan fingerprint density at radius 2 is 1.50 bits per heavy atom. The number of aliphatic hydroxyl groups is 2. The van der Waals surface area contributed by atoms with Crippen LogP contribution in [0.25, 0.3) is 5.57 Å². The first kappa shape index (κ1) is 19.8. The standard InChI is InChI=1S/C16H20O8/c17-8-4-10-21-23-15(19)12-14(13-6-2-1-3-7-13)16(20)24-22-11-5-9-18/h1-3,6-7,12,17-18H,4-5,8-11H2/b14-12+. The van der Waals surface area contributed by atoms with Gasteiger partial charge in [-0.05, 0) is 18.4 Å². The van der Waals surface area contributed by atoms with E-state index in [0.29, 0.717) is 18.4 Å². The molecule has 0 saturated heterocycles. The summed E-state index contributed by atoms with van der Waals surface area (Å²) in [7, 11) is 0. The summed E-state index contributed by atoms with van der Waals surface area (Å²) in [4.78, 5) is 42.1. The zero-order valence-corrected chi connectivity index (χ0v) is 13.1. The van der Waals surface area contributed by atoms with Gasteiger partial charge < -0.3 is 10.2 Å². The number of carbonyl (C=O) groups is 2. The minimum atomic E-state index is -0.904.